The Hall–Kier alpha value is -3.84. The molecule has 0 fully saturated rings. The number of nitrogens with zero attached hydrogens (tertiary/aromatic N) is 1. The van der Waals surface area contributed by atoms with Crippen LogP contribution < -0.4 is 10.1 Å². The molecule has 1 N–H and O–H groups in total. The zero-order valence-corrected chi connectivity index (χ0v) is 15.5. The molecule has 138 valence electrons. The maximum Gasteiger partial charge on any atom is 0.262 e. The summed E-state index contributed by atoms with van der Waals surface area (Å²) in [6.07, 6.45) is 1.56. The van der Waals surface area contributed by atoms with Crippen LogP contribution in [0, 0.1) is 11.3 Å². The lowest BCUT2D eigenvalue weighted by Gasteiger charge is -2.13. The molecule has 4 nitrogen and oxygen atoms in total. The first kappa shape index (κ1) is 18.9. The Kier molecular flexibility index (Phi) is 6.22. The van der Waals surface area contributed by atoms with Gasteiger partial charge in [-0.15, -0.1) is 0 Å². The monoisotopic (exact) mass is 368 g/mol. The Morgan fingerprint density at radius 2 is 1.61 bits per heavy atom. The number of benzene rings is 3. The molecule has 0 bridgehead atoms. The number of hydrogen-bond acceptors (Lipinski definition) is 3. The summed E-state index contributed by atoms with van der Waals surface area (Å²) >= 11 is 0. The minimum absolute atomic E-state index is 0.0413. The predicted molar refractivity (Wildman–Crippen MR) is 110 cm³/mol. The standard InChI is InChI=1S/C24H20N2O2/c1-18(20-10-4-2-5-11-20)26-24(27)21(17-25)15-19-9-8-14-23(16-19)28-22-12-6-3-7-13-22/h2-16,18H,1H3,(H,26,27)/b21-15+/t18-/m0/s1. The Labute approximate surface area is 164 Å². The molecule has 0 aliphatic rings. The van der Waals surface area contributed by atoms with Crippen molar-refractivity contribution in [3.05, 3.63) is 102 Å². The van der Waals surface area contributed by atoms with Crippen LogP contribution >= 0.6 is 0 Å². The summed E-state index contributed by atoms with van der Waals surface area (Å²) in [6.45, 7) is 1.89. The SMILES string of the molecule is C[C@H](NC(=O)/C(C#N)=C/c1cccc(Oc2ccccc2)c1)c1ccccc1. The van der Waals surface area contributed by atoms with E-state index in [9.17, 15) is 10.1 Å². The van der Waals surface area contributed by atoms with Crippen LogP contribution in [0.25, 0.3) is 6.08 Å². The first-order chi connectivity index (χ1) is 13.7. The zero-order valence-electron chi connectivity index (χ0n) is 15.5. The van der Waals surface area contributed by atoms with Crippen molar-refractivity contribution in [2.75, 3.05) is 0 Å². The van der Waals surface area contributed by atoms with Crippen molar-refractivity contribution >= 4 is 12.0 Å². The molecule has 3 aromatic rings. The van der Waals surface area contributed by atoms with E-state index in [4.69, 9.17) is 4.74 Å². The minimum Gasteiger partial charge on any atom is -0.457 e. The number of nitrogens with one attached hydrogen (secondary N) is 1. The molecule has 1 amide bonds. The third-order valence-electron chi connectivity index (χ3n) is 4.16. The van der Waals surface area contributed by atoms with Crippen LogP contribution in [-0.2, 0) is 4.79 Å². The number of nitriles is 1. The maximum atomic E-state index is 12.5. The van der Waals surface area contributed by atoms with Gasteiger partial charge in [0.05, 0.1) is 6.04 Å². The summed E-state index contributed by atoms with van der Waals surface area (Å²) < 4.78 is 5.80. The van der Waals surface area contributed by atoms with Gasteiger partial charge in [0.25, 0.3) is 5.91 Å². The molecule has 4 heteroatoms. The summed E-state index contributed by atoms with van der Waals surface area (Å²) in [5.74, 6) is 0.946. The Morgan fingerprint density at radius 3 is 2.29 bits per heavy atom. The van der Waals surface area contributed by atoms with Gasteiger partial charge in [-0.1, -0.05) is 60.7 Å². The molecule has 0 radical (unpaired) electrons. The van der Waals surface area contributed by atoms with E-state index in [0.717, 1.165) is 11.3 Å². The number of hydrogen-bond donors (Lipinski definition) is 1. The largest absolute Gasteiger partial charge is 0.457 e. The molecular formula is C24H20N2O2. The van der Waals surface area contributed by atoms with Crippen LogP contribution in [0.1, 0.15) is 24.1 Å². The molecule has 0 spiro atoms. The van der Waals surface area contributed by atoms with Gasteiger partial charge in [-0.2, -0.15) is 5.26 Å². The van der Waals surface area contributed by atoms with Gasteiger partial charge < -0.3 is 10.1 Å². The normalized spacial score (nSPS) is 11.9. The van der Waals surface area contributed by atoms with Crippen molar-refractivity contribution in [2.24, 2.45) is 0 Å². The molecule has 0 saturated carbocycles. The molecule has 1 atom stereocenters. The van der Waals surface area contributed by atoms with Crippen molar-refractivity contribution in [1.82, 2.24) is 5.32 Å². The highest BCUT2D eigenvalue weighted by Gasteiger charge is 2.13. The van der Waals surface area contributed by atoms with E-state index in [2.05, 4.69) is 5.32 Å². The number of para-hydroxylation sites is 1. The number of carbonyl (C=O) groups is 1. The summed E-state index contributed by atoms with van der Waals surface area (Å²) in [4.78, 5) is 12.5. The van der Waals surface area contributed by atoms with Gasteiger partial charge in [0.15, 0.2) is 0 Å². The number of amides is 1. The van der Waals surface area contributed by atoms with Crippen LogP contribution in [0.15, 0.2) is 90.5 Å². The first-order valence-corrected chi connectivity index (χ1v) is 8.96. The van der Waals surface area contributed by atoms with Gasteiger partial charge in [0.2, 0.25) is 0 Å². The molecule has 28 heavy (non-hydrogen) atoms. The topological polar surface area (TPSA) is 62.1 Å². The predicted octanol–water partition coefficient (Wildman–Crippen LogP) is 5.26. The smallest absolute Gasteiger partial charge is 0.262 e. The van der Waals surface area contributed by atoms with Crippen LogP contribution in [0.5, 0.6) is 11.5 Å². The van der Waals surface area contributed by atoms with Crippen LogP contribution in [0.2, 0.25) is 0 Å². The second-order valence-corrected chi connectivity index (χ2v) is 6.26. The third kappa shape index (κ3) is 5.09. The average Bonchev–Trinajstić information content (AvgIpc) is 2.73. The highest BCUT2D eigenvalue weighted by atomic mass is 16.5. The minimum atomic E-state index is -0.409. The molecule has 0 unspecified atom stereocenters. The highest BCUT2D eigenvalue weighted by Crippen LogP contribution is 2.23. The molecule has 0 heterocycles. The molecule has 0 aliphatic heterocycles. The summed E-state index contributed by atoms with van der Waals surface area (Å²) in [5, 5.41) is 12.3. The van der Waals surface area contributed by atoms with Crippen molar-refractivity contribution in [2.45, 2.75) is 13.0 Å². The Balaban J connectivity index is 1.74. The van der Waals surface area contributed by atoms with Crippen molar-refractivity contribution in [3.63, 3.8) is 0 Å². The number of rotatable bonds is 6. The van der Waals surface area contributed by atoms with E-state index in [1.165, 1.54) is 0 Å². The van der Waals surface area contributed by atoms with Gasteiger partial charge in [-0.05, 0) is 48.4 Å². The van der Waals surface area contributed by atoms with Gasteiger partial charge >= 0.3 is 0 Å². The molecule has 0 saturated heterocycles. The number of carbonyl (C=O) groups excluding carboxylic acids is 1. The van der Waals surface area contributed by atoms with E-state index >= 15 is 0 Å². The fraction of sp³-hybridized carbons (Fsp3) is 0.0833. The lowest BCUT2D eigenvalue weighted by Crippen LogP contribution is -2.27. The van der Waals surface area contributed by atoms with Gasteiger partial charge in [-0.3, -0.25) is 4.79 Å². The Morgan fingerprint density at radius 1 is 0.964 bits per heavy atom. The second-order valence-electron chi connectivity index (χ2n) is 6.26. The lowest BCUT2D eigenvalue weighted by molar-refractivity contribution is -0.117. The average molecular weight is 368 g/mol. The van der Waals surface area contributed by atoms with Gasteiger partial charge in [-0.25, -0.2) is 0 Å². The number of ether oxygens (including phenoxy) is 1. The molecule has 0 aliphatic carbocycles. The maximum absolute atomic E-state index is 12.5. The van der Waals surface area contributed by atoms with Crippen molar-refractivity contribution in [3.8, 4) is 17.6 Å². The highest BCUT2D eigenvalue weighted by molar-refractivity contribution is 6.01. The lowest BCUT2D eigenvalue weighted by atomic mass is 10.1. The van der Waals surface area contributed by atoms with E-state index in [1.54, 1.807) is 12.1 Å². The fourth-order valence-electron chi connectivity index (χ4n) is 2.71. The molecular weight excluding hydrogens is 348 g/mol. The third-order valence-corrected chi connectivity index (χ3v) is 4.16. The quantitative estimate of drug-likeness (QED) is 0.477. The first-order valence-electron chi connectivity index (χ1n) is 8.96. The van der Waals surface area contributed by atoms with E-state index in [1.807, 2.05) is 91.9 Å². The van der Waals surface area contributed by atoms with Crippen LogP contribution in [-0.4, -0.2) is 5.91 Å². The summed E-state index contributed by atoms with van der Waals surface area (Å²) in [6, 6.07) is 28.1. The fourth-order valence-corrected chi connectivity index (χ4v) is 2.71. The summed E-state index contributed by atoms with van der Waals surface area (Å²) in [7, 11) is 0. The van der Waals surface area contributed by atoms with Crippen molar-refractivity contribution in [1.29, 1.82) is 5.26 Å². The van der Waals surface area contributed by atoms with Gasteiger partial charge in [0, 0.05) is 0 Å². The van der Waals surface area contributed by atoms with E-state index in [-0.39, 0.29) is 11.6 Å². The zero-order chi connectivity index (χ0) is 19.8. The van der Waals surface area contributed by atoms with E-state index in [0.29, 0.717) is 11.3 Å². The molecule has 3 rings (SSSR count). The second kappa shape index (κ2) is 9.20. The van der Waals surface area contributed by atoms with Crippen molar-refractivity contribution < 1.29 is 9.53 Å². The van der Waals surface area contributed by atoms with Gasteiger partial charge in [0.1, 0.15) is 23.1 Å². The van der Waals surface area contributed by atoms with Crippen LogP contribution in [0.3, 0.4) is 0 Å². The molecule has 0 aromatic heterocycles. The van der Waals surface area contributed by atoms with E-state index < -0.39 is 5.91 Å². The molecule has 3 aromatic carbocycles. The van der Waals surface area contributed by atoms with Crippen LogP contribution in [0.4, 0.5) is 0 Å². The summed E-state index contributed by atoms with van der Waals surface area (Å²) in [5.41, 5.74) is 1.73. The Bertz CT molecular complexity index is 1010.